The first-order chi connectivity index (χ1) is 17.5. The molecule has 8 heteroatoms. The first-order valence-corrected chi connectivity index (χ1v) is 11.8. The molecular formula is C28H28N4O4. The second-order valence-corrected chi connectivity index (χ2v) is 8.66. The molecule has 0 aliphatic carbocycles. The molecule has 36 heavy (non-hydrogen) atoms. The minimum Gasteiger partial charge on any atom is -0.489 e. The van der Waals surface area contributed by atoms with E-state index in [1.54, 1.807) is 53.4 Å². The van der Waals surface area contributed by atoms with Gasteiger partial charge in [0, 0.05) is 24.3 Å². The Morgan fingerprint density at radius 3 is 2.58 bits per heavy atom. The first-order valence-electron chi connectivity index (χ1n) is 11.8. The Morgan fingerprint density at radius 2 is 1.83 bits per heavy atom. The minimum absolute atomic E-state index is 0.162. The van der Waals surface area contributed by atoms with Crippen molar-refractivity contribution in [2.75, 3.05) is 18.4 Å². The highest BCUT2D eigenvalue weighted by Gasteiger charge is 2.29. The molecule has 3 amide bonds. The van der Waals surface area contributed by atoms with Crippen LogP contribution in [0, 0.1) is 11.3 Å². The number of rotatable bonds is 6. The van der Waals surface area contributed by atoms with Crippen LogP contribution in [0.5, 0.6) is 5.75 Å². The summed E-state index contributed by atoms with van der Waals surface area (Å²) < 4.78 is 5.77. The van der Waals surface area contributed by atoms with E-state index in [1.165, 1.54) is 0 Å². The van der Waals surface area contributed by atoms with E-state index in [9.17, 15) is 14.7 Å². The topological polar surface area (TPSA) is 115 Å². The van der Waals surface area contributed by atoms with Crippen molar-refractivity contribution in [3.63, 3.8) is 0 Å². The summed E-state index contributed by atoms with van der Waals surface area (Å²) in [6.45, 7) is 1.04. The summed E-state index contributed by atoms with van der Waals surface area (Å²) in [5.41, 5.74) is 2.44. The maximum Gasteiger partial charge on any atom is 0.321 e. The van der Waals surface area contributed by atoms with Crippen LogP contribution in [0.3, 0.4) is 0 Å². The van der Waals surface area contributed by atoms with E-state index in [2.05, 4.69) is 10.6 Å². The van der Waals surface area contributed by atoms with Crippen molar-refractivity contribution < 1.29 is 19.4 Å². The van der Waals surface area contributed by atoms with E-state index < -0.39 is 12.1 Å². The fourth-order valence-corrected chi connectivity index (χ4v) is 4.03. The first kappa shape index (κ1) is 24.8. The van der Waals surface area contributed by atoms with Crippen LogP contribution in [0.2, 0.25) is 0 Å². The molecule has 1 saturated heterocycles. The highest BCUT2D eigenvalue weighted by Crippen LogP contribution is 2.17. The van der Waals surface area contributed by atoms with Crippen molar-refractivity contribution in [1.82, 2.24) is 10.2 Å². The van der Waals surface area contributed by atoms with Gasteiger partial charge in [-0.1, -0.05) is 36.4 Å². The van der Waals surface area contributed by atoms with Gasteiger partial charge in [0.15, 0.2) is 0 Å². The van der Waals surface area contributed by atoms with Crippen LogP contribution in [-0.2, 0) is 6.61 Å². The maximum atomic E-state index is 12.9. The molecule has 0 radical (unpaired) electrons. The number of hydrogen-bond acceptors (Lipinski definition) is 5. The summed E-state index contributed by atoms with van der Waals surface area (Å²) >= 11 is 0. The Balaban J connectivity index is 1.35. The van der Waals surface area contributed by atoms with Gasteiger partial charge in [-0.05, 0) is 60.9 Å². The van der Waals surface area contributed by atoms with Gasteiger partial charge in [-0.15, -0.1) is 0 Å². The van der Waals surface area contributed by atoms with E-state index in [0.29, 0.717) is 48.6 Å². The fraction of sp³-hybridized carbons (Fsp3) is 0.250. The predicted molar refractivity (Wildman–Crippen MR) is 135 cm³/mol. The highest BCUT2D eigenvalue weighted by molar-refractivity contribution is 5.94. The zero-order valence-electron chi connectivity index (χ0n) is 19.8. The number of amides is 3. The van der Waals surface area contributed by atoms with Crippen molar-refractivity contribution in [2.24, 2.45) is 0 Å². The Labute approximate surface area is 210 Å². The summed E-state index contributed by atoms with van der Waals surface area (Å²) in [5, 5.41) is 25.3. The number of carbonyl (C=O) groups excluding carboxylic acids is 2. The second kappa shape index (κ2) is 11.9. The molecule has 2 atom stereocenters. The number of ether oxygens (including phenoxy) is 1. The lowest BCUT2D eigenvalue weighted by atomic mass is 10.1. The molecular weight excluding hydrogens is 456 g/mol. The summed E-state index contributed by atoms with van der Waals surface area (Å²) in [6.07, 6.45) is 0.291. The van der Waals surface area contributed by atoms with Crippen LogP contribution in [-0.4, -0.2) is 47.2 Å². The van der Waals surface area contributed by atoms with Gasteiger partial charge in [0.1, 0.15) is 12.4 Å². The Bertz CT molecular complexity index is 1220. The maximum absolute atomic E-state index is 12.9. The van der Waals surface area contributed by atoms with E-state index in [0.717, 1.165) is 5.56 Å². The quantitative estimate of drug-likeness (QED) is 0.491. The predicted octanol–water partition coefficient (Wildman–Crippen LogP) is 3.92. The third-order valence-corrected chi connectivity index (χ3v) is 6.02. The molecule has 8 nitrogen and oxygen atoms in total. The molecule has 1 aliphatic heterocycles. The Hall–Kier alpha value is -4.35. The van der Waals surface area contributed by atoms with Gasteiger partial charge in [-0.25, -0.2) is 4.79 Å². The number of likely N-dealkylation sites (tertiary alicyclic amines) is 1. The van der Waals surface area contributed by atoms with Crippen LogP contribution in [0.4, 0.5) is 10.5 Å². The average Bonchev–Trinajstić information content (AvgIpc) is 3.09. The van der Waals surface area contributed by atoms with Crippen molar-refractivity contribution >= 4 is 17.6 Å². The van der Waals surface area contributed by atoms with Gasteiger partial charge in [0.25, 0.3) is 5.91 Å². The van der Waals surface area contributed by atoms with Gasteiger partial charge in [0.05, 0.1) is 23.8 Å². The van der Waals surface area contributed by atoms with Gasteiger partial charge in [-0.2, -0.15) is 5.26 Å². The van der Waals surface area contributed by atoms with Crippen LogP contribution in [0.25, 0.3) is 0 Å². The van der Waals surface area contributed by atoms with E-state index in [4.69, 9.17) is 10.00 Å². The average molecular weight is 485 g/mol. The number of benzene rings is 3. The molecule has 1 aliphatic rings. The van der Waals surface area contributed by atoms with Crippen molar-refractivity contribution in [2.45, 2.75) is 31.6 Å². The SMILES string of the molecule is N#Cc1cccc(NC(=O)N2CCC[C@@H](O)[C@H](NC(=O)c3ccc(OCc4ccccc4)cc3)C2)c1. The normalized spacial score (nSPS) is 17.4. The number of carbonyl (C=O) groups is 2. The number of nitrogens with zero attached hydrogens (tertiary/aromatic N) is 2. The number of aliphatic hydroxyl groups excluding tert-OH is 1. The standard InChI is InChI=1S/C28H28N4O4/c29-17-21-8-4-9-23(16-21)30-28(35)32-15-5-10-26(33)25(18-32)31-27(34)22-11-13-24(14-12-22)36-19-20-6-2-1-3-7-20/h1-4,6-9,11-14,16,25-26,33H,5,10,15,18-19H2,(H,30,35)(H,31,34)/t25-,26-/m1/s1. The minimum atomic E-state index is -0.776. The molecule has 3 aromatic carbocycles. The summed E-state index contributed by atoms with van der Waals surface area (Å²) in [6, 6.07) is 24.3. The lowest BCUT2D eigenvalue weighted by Crippen LogP contribution is -2.50. The second-order valence-electron chi connectivity index (χ2n) is 8.66. The zero-order chi connectivity index (χ0) is 25.3. The van der Waals surface area contributed by atoms with Crippen LogP contribution >= 0.6 is 0 Å². The van der Waals surface area contributed by atoms with Gasteiger partial charge < -0.3 is 25.4 Å². The fourth-order valence-electron chi connectivity index (χ4n) is 4.03. The molecule has 0 bridgehead atoms. The third-order valence-electron chi connectivity index (χ3n) is 6.02. The van der Waals surface area contributed by atoms with Crippen LogP contribution in [0.15, 0.2) is 78.9 Å². The smallest absolute Gasteiger partial charge is 0.321 e. The third kappa shape index (κ3) is 6.62. The Kier molecular flexibility index (Phi) is 8.16. The molecule has 0 saturated carbocycles. The molecule has 4 rings (SSSR count). The molecule has 1 fully saturated rings. The zero-order valence-corrected chi connectivity index (χ0v) is 19.8. The Morgan fingerprint density at radius 1 is 1.06 bits per heavy atom. The van der Waals surface area contributed by atoms with Gasteiger partial charge >= 0.3 is 6.03 Å². The number of hydrogen-bond donors (Lipinski definition) is 3. The lowest BCUT2D eigenvalue weighted by Gasteiger charge is -2.27. The molecule has 0 unspecified atom stereocenters. The largest absolute Gasteiger partial charge is 0.489 e. The molecule has 0 aromatic heterocycles. The number of aliphatic hydroxyl groups is 1. The van der Waals surface area contributed by atoms with Crippen molar-refractivity contribution in [3.8, 4) is 11.8 Å². The summed E-state index contributed by atoms with van der Waals surface area (Å²) in [7, 11) is 0. The monoisotopic (exact) mass is 484 g/mol. The van der Waals surface area contributed by atoms with E-state index in [-0.39, 0.29) is 18.5 Å². The molecule has 0 spiro atoms. The lowest BCUT2D eigenvalue weighted by molar-refractivity contribution is 0.0811. The van der Waals surface area contributed by atoms with E-state index >= 15 is 0 Å². The van der Waals surface area contributed by atoms with Crippen LogP contribution < -0.4 is 15.4 Å². The van der Waals surface area contributed by atoms with Crippen molar-refractivity contribution in [3.05, 3.63) is 95.6 Å². The van der Waals surface area contributed by atoms with Gasteiger partial charge in [0.2, 0.25) is 0 Å². The molecule has 3 N–H and O–H groups in total. The number of urea groups is 1. The van der Waals surface area contributed by atoms with E-state index in [1.807, 2.05) is 36.4 Å². The molecule has 1 heterocycles. The molecule has 3 aromatic rings. The van der Waals surface area contributed by atoms with Crippen molar-refractivity contribution in [1.29, 1.82) is 5.26 Å². The number of anilines is 1. The summed E-state index contributed by atoms with van der Waals surface area (Å²) in [4.78, 5) is 27.3. The number of nitriles is 1. The molecule has 184 valence electrons. The highest BCUT2D eigenvalue weighted by atomic mass is 16.5. The van der Waals surface area contributed by atoms with Crippen LogP contribution in [0.1, 0.15) is 34.3 Å². The summed E-state index contributed by atoms with van der Waals surface area (Å²) in [5.74, 6) is 0.311. The van der Waals surface area contributed by atoms with Gasteiger partial charge in [-0.3, -0.25) is 4.79 Å². The number of nitrogens with one attached hydrogen (secondary N) is 2.